The number of nitrogen functional groups attached to an aromatic ring is 1. The molecule has 21 heavy (non-hydrogen) atoms. The summed E-state index contributed by atoms with van der Waals surface area (Å²) >= 11 is 1.75. The number of nitrogens with zero attached hydrogens (tertiary/aromatic N) is 2. The fourth-order valence-electron chi connectivity index (χ4n) is 2.01. The number of thiophene rings is 1. The van der Waals surface area contributed by atoms with E-state index in [0.29, 0.717) is 12.2 Å². The molecule has 0 bridgehead atoms. The van der Waals surface area contributed by atoms with Gasteiger partial charge in [0.25, 0.3) is 0 Å². The van der Waals surface area contributed by atoms with E-state index < -0.39 is 0 Å². The summed E-state index contributed by atoms with van der Waals surface area (Å²) in [7, 11) is 3.77. The minimum atomic E-state index is 0.0773. The summed E-state index contributed by atoms with van der Waals surface area (Å²) in [6.07, 6.45) is 0.979. The Bertz CT molecular complexity index is 566. The first-order chi connectivity index (χ1) is 10.1. The van der Waals surface area contributed by atoms with Gasteiger partial charge in [0.05, 0.1) is 6.54 Å². The molecule has 1 heterocycles. The van der Waals surface area contributed by atoms with Crippen LogP contribution in [0.1, 0.15) is 4.88 Å². The summed E-state index contributed by atoms with van der Waals surface area (Å²) in [6, 6.07) is 11.5. The smallest absolute Gasteiger partial charge is 0.240 e. The second-order valence-electron chi connectivity index (χ2n) is 5.11. The van der Waals surface area contributed by atoms with E-state index in [2.05, 4.69) is 22.4 Å². The van der Waals surface area contributed by atoms with Gasteiger partial charge in [0.15, 0.2) is 0 Å². The predicted octanol–water partition coefficient (Wildman–Crippen LogP) is 2.47. The molecular formula is C16H21N3OS. The Morgan fingerprint density at radius 3 is 2.52 bits per heavy atom. The first-order valence-corrected chi connectivity index (χ1v) is 7.77. The highest BCUT2D eigenvalue weighted by Crippen LogP contribution is 2.15. The molecule has 0 spiro atoms. The van der Waals surface area contributed by atoms with Gasteiger partial charge in [0.1, 0.15) is 0 Å². The zero-order chi connectivity index (χ0) is 15.2. The van der Waals surface area contributed by atoms with Crippen molar-refractivity contribution in [2.24, 2.45) is 0 Å². The molecule has 5 heteroatoms. The summed E-state index contributed by atoms with van der Waals surface area (Å²) in [5.74, 6) is 0.0773. The Balaban J connectivity index is 1.83. The lowest BCUT2D eigenvalue weighted by molar-refractivity contribution is -0.119. The number of rotatable bonds is 6. The standard InChI is InChI=1S/C16H21N3OS/c1-18(10-9-15-4-3-11-21-15)12-16(20)19(2)14-7-5-13(17)6-8-14/h3-8,11H,9-10,12,17H2,1-2H3. The average Bonchev–Trinajstić information content (AvgIpc) is 2.98. The normalized spacial score (nSPS) is 10.8. The van der Waals surface area contributed by atoms with Gasteiger partial charge in [0, 0.05) is 29.8 Å². The monoisotopic (exact) mass is 303 g/mol. The maximum atomic E-state index is 12.3. The van der Waals surface area contributed by atoms with E-state index in [1.807, 2.05) is 19.2 Å². The molecule has 1 amide bonds. The zero-order valence-electron chi connectivity index (χ0n) is 12.5. The van der Waals surface area contributed by atoms with Crippen molar-refractivity contribution in [3.63, 3.8) is 0 Å². The van der Waals surface area contributed by atoms with E-state index in [-0.39, 0.29) is 5.91 Å². The van der Waals surface area contributed by atoms with Crippen molar-refractivity contribution >= 4 is 28.6 Å². The van der Waals surface area contributed by atoms with Gasteiger partial charge < -0.3 is 10.6 Å². The van der Waals surface area contributed by atoms with Gasteiger partial charge in [-0.1, -0.05) is 6.07 Å². The molecular weight excluding hydrogens is 282 g/mol. The number of carbonyl (C=O) groups excluding carboxylic acids is 1. The van der Waals surface area contributed by atoms with Gasteiger partial charge >= 0.3 is 0 Å². The summed E-state index contributed by atoms with van der Waals surface area (Å²) in [5, 5.41) is 2.08. The fourth-order valence-corrected chi connectivity index (χ4v) is 2.71. The molecule has 0 aliphatic rings. The van der Waals surface area contributed by atoms with Crippen LogP contribution in [0.3, 0.4) is 0 Å². The van der Waals surface area contributed by atoms with E-state index in [0.717, 1.165) is 18.7 Å². The van der Waals surface area contributed by atoms with Crippen LogP contribution in [0.15, 0.2) is 41.8 Å². The van der Waals surface area contributed by atoms with Gasteiger partial charge in [-0.15, -0.1) is 11.3 Å². The topological polar surface area (TPSA) is 49.6 Å². The van der Waals surface area contributed by atoms with Crippen LogP contribution in [0.4, 0.5) is 11.4 Å². The number of benzene rings is 1. The van der Waals surface area contributed by atoms with Gasteiger partial charge in [-0.3, -0.25) is 9.69 Å². The van der Waals surface area contributed by atoms with Crippen LogP contribution in [0, 0.1) is 0 Å². The van der Waals surface area contributed by atoms with E-state index in [9.17, 15) is 4.79 Å². The number of carbonyl (C=O) groups is 1. The second kappa shape index (κ2) is 7.24. The summed E-state index contributed by atoms with van der Waals surface area (Å²) < 4.78 is 0. The second-order valence-corrected chi connectivity index (χ2v) is 6.14. The van der Waals surface area contributed by atoms with Gasteiger partial charge in [-0.25, -0.2) is 0 Å². The highest BCUT2D eigenvalue weighted by molar-refractivity contribution is 7.09. The summed E-state index contributed by atoms with van der Waals surface area (Å²) in [4.78, 5) is 17.3. The highest BCUT2D eigenvalue weighted by atomic mass is 32.1. The quantitative estimate of drug-likeness (QED) is 0.834. The van der Waals surface area contributed by atoms with Crippen LogP contribution in [-0.2, 0) is 11.2 Å². The Hall–Kier alpha value is -1.85. The lowest BCUT2D eigenvalue weighted by Crippen LogP contribution is -2.37. The predicted molar refractivity (Wildman–Crippen MR) is 89.8 cm³/mol. The fraction of sp³-hybridized carbons (Fsp3) is 0.312. The number of hydrogen-bond donors (Lipinski definition) is 1. The molecule has 0 atom stereocenters. The van der Waals surface area contributed by atoms with Gasteiger partial charge in [0.2, 0.25) is 5.91 Å². The molecule has 0 unspecified atom stereocenters. The van der Waals surface area contributed by atoms with Crippen molar-refractivity contribution in [2.45, 2.75) is 6.42 Å². The number of nitrogens with two attached hydrogens (primary N) is 1. The van der Waals surface area contributed by atoms with Crippen LogP contribution in [0.5, 0.6) is 0 Å². The molecule has 0 aliphatic carbocycles. The number of amides is 1. The molecule has 2 aromatic rings. The number of anilines is 2. The van der Waals surface area contributed by atoms with Crippen LogP contribution in [0.25, 0.3) is 0 Å². The molecule has 0 saturated carbocycles. The third kappa shape index (κ3) is 4.58. The molecule has 0 fully saturated rings. The maximum Gasteiger partial charge on any atom is 0.240 e. The molecule has 112 valence electrons. The van der Waals surface area contributed by atoms with Crippen molar-refractivity contribution in [1.82, 2.24) is 4.90 Å². The molecule has 1 aromatic heterocycles. The van der Waals surface area contributed by atoms with E-state index in [1.54, 1.807) is 35.4 Å². The number of likely N-dealkylation sites (N-methyl/N-ethyl adjacent to an activating group) is 2. The average molecular weight is 303 g/mol. The zero-order valence-corrected chi connectivity index (χ0v) is 13.3. The largest absolute Gasteiger partial charge is 0.399 e. The minimum absolute atomic E-state index is 0.0773. The van der Waals surface area contributed by atoms with Crippen molar-refractivity contribution in [1.29, 1.82) is 0 Å². The van der Waals surface area contributed by atoms with Crippen molar-refractivity contribution in [2.75, 3.05) is 37.8 Å². The highest BCUT2D eigenvalue weighted by Gasteiger charge is 2.13. The van der Waals surface area contributed by atoms with Crippen LogP contribution < -0.4 is 10.6 Å². The van der Waals surface area contributed by atoms with Crippen molar-refractivity contribution < 1.29 is 4.79 Å². The lowest BCUT2D eigenvalue weighted by atomic mass is 10.2. The Kier molecular flexibility index (Phi) is 5.36. The maximum absolute atomic E-state index is 12.3. The van der Waals surface area contributed by atoms with E-state index >= 15 is 0 Å². The molecule has 0 radical (unpaired) electrons. The summed E-state index contributed by atoms with van der Waals surface area (Å²) in [6.45, 7) is 1.29. The SMILES string of the molecule is CN(CCc1cccs1)CC(=O)N(C)c1ccc(N)cc1. The summed E-state index contributed by atoms with van der Waals surface area (Å²) in [5.41, 5.74) is 7.22. The molecule has 2 N–H and O–H groups in total. The molecule has 0 saturated heterocycles. The molecule has 4 nitrogen and oxygen atoms in total. The van der Waals surface area contributed by atoms with Crippen LogP contribution in [0.2, 0.25) is 0 Å². The first kappa shape index (κ1) is 15.5. The molecule has 1 aromatic carbocycles. The third-order valence-corrected chi connectivity index (χ3v) is 4.32. The molecule has 0 aliphatic heterocycles. The Labute approximate surface area is 129 Å². The Morgan fingerprint density at radius 1 is 1.19 bits per heavy atom. The van der Waals surface area contributed by atoms with E-state index in [4.69, 9.17) is 5.73 Å². The first-order valence-electron chi connectivity index (χ1n) is 6.89. The van der Waals surface area contributed by atoms with Crippen LogP contribution in [-0.4, -0.2) is 38.0 Å². The Morgan fingerprint density at radius 2 is 1.90 bits per heavy atom. The molecule has 2 rings (SSSR count). The minimum Gasteiger partial charge on any atom is -0.399 e. The van der Waals surface area contributed by atoms with Crippen LogP contribution >= 0.6 is 11.3 Å². The van der Waals surface area contributed by atoms with Crippen molar-refractivity contribution in [3.05, 3.63) is 46.7 Å². The van der Waals surface area contributed by atoms with Gasteiger partial charge in [-0.2, -0.15) is 0 Å². The van der Waals surface area contributed by atoms with Crippen molar-refractivity contribution in [3.8, 4) is 0 Å². The van der Waals surface area contributed by atoms with Gasteiger partial charge in [-0.05, 0) is 49.2 Å². The lowest BCUT2D eigenvalue weighted by Gasteiger charge is -2.22. The third-order valence-electron chi connectivity index (χ3n) is 3.38. The number of hydrogen-bond acceptors (Lipinski definition) is 4. The van der Waals surface area contributed by atoms with E-state index in [1.165, 1.54) is 4.88 Å².